The van der Waals surface area contributed by atoms with Gasteiger partial charge in [0.05, 0.1) is 11.3 Å². The van der Waals surface area contributed by atoms with E-state index in [0.717, 1.165) is 22.6 Å². The second-order valence-electron chi connectivity index (χ2n) is 5.78. The van der Waals surface area contributed by atoms with Crippen molar-refractivity contribution in [1.29, 1.82) is 0 Å². The van der Waals surface area contributed by atoms with Crippen LogP contribution in [0.4, 0.5) is 13.2 Å². The van der Waals surface area contributed by atoms with Gasteiger partial charge in [-0.25, -0.2) is 0 Å². The van der Waals surface area contributed by atoms with Crippen LogP contribution in [0, 0.1) is 0 Å². The first-order chi connectivity index (χ1) is 11.9. The first-order valence-electron chi connectivity index (χ1n) is 7.72. The SMILES string of the molecule is C=C(CCC(=C)c1ncccc1C(F)(F)F)c1ccc2sccc2c1. The van der Waals surface area contributed by atoms with Crippen LogP contribution in [-0.4, -0.2) is 4.98 Å². The summed E-state index contributed by atoms with van der Waals surface area (Å²) in [6.45, 7) is 7.88. The zero-order valence-electron chi connectivity index (χ0n) is 13.4. The minimum atomic E-state index is -4.44. The van der Waals surface area contributed by atoms with E-state index in [0.29, 0.717) is 18.4 Å². The molecular weight excluding hydrogens is 343 g/mol. The highest BCUT2D eigenvalue weighted by atomic mass is 32.1. The second-order valence-corrected chi connectivity index (χ2v) is 6.73. The summed E-state index contributed by atoms with van der Waals surface area (Å²) in [5.74, 6) is 0. The molecule has 0 N–H and O–H groups in total. The van der Waals surface area contributed by atoms with Crippen LogP contribution in [0.3, 0.4) is 0 Å². The molecule has 2 aromatic heterocycles. The van der Waals surface area contributed by atoms with Gasteiger partial charge in [-0.2, -0.15) is 13.2 Å². The highest BCUT2D eigenvalue weighted by Crippen LogP contribution is 2.35. The first kappa shape index (κ1) is 17.4. The first-order valence-corrected chi connectivity index (χ1v) is 8.60. The van der Waals surface area contributed by atoms with E-state index in [9.17, 15) is 13.2 Å². The molecule has 2 heterocycles. The molecule has 0 aliphatic rings. The van der Waals surface area contributed by atoms with Crippen molar-refractivity contribution in [3.05, 3.63) is 78.0 Å². The van der Waals surface area contributed by atoms with Gasteiger partial charge in [-0.3, -0.25) is 4.98 Å². The fraction of sp³-hybridized carbons (Fsp3) is 0.150. The van der Waals surface area contributed by atoms with Crippen molar-refractivity contribution in [3.63, 3.8) is 0 Å². The van der Waals surface area contributed by atoms with Gasteiger partial charge in [-0.1, -0.05) is 19.2 Å². The molecule has 0 saturated heterocycles. The van der Waals surface area contributed by atoms with Crippen LogP contribution >= 0.6 is 11.3 Å². The Morgan fingerprint density at radius 2 is 1.80 bits per heavy atom. The van der Waals surface area contributed by atoms with Crippen molar-refractivity contribution < 1.29 is 13.2 Å². The normalized spacial score (nSPS) is 11.6. The van der Waals surface area contributed by atoms with Gasteiger partial charge in [-0.05, 0) is 70.6 Å². The second kappa shape index (κ2) is 6.84. The molecule has 25 heavy (non-hydrogen) atoms. The molecular formula is C20H16F3NS. The molecule has 0 fully saturated rings. The number of hydrogen-bond donors (Lipinski definition) is 0. The molecule has 5 heteroatoms. The molecule has 0 atom stereocenters. The number of allylic oxidation sites excluding steroid dienone is 2. The highest BCUT2D eigenvalue weighted by Gasteiger charge is 2.34. The summed E-state index contributed by atoms with van der Waals surface area (Å²) in [5.41, 5.74) is 1.40. The Morgan fingerprint density at radius 3 is 2.56 bits per heavy atom. The summed E-state index contributed by atoms with van der Waals surface area (Å²) in [4.78, 5) is 3.88. The Bertz CT molecular complexity index is 937. The minimum absolute atomic E-state index is 0.0870. The standard InChI is InChI=1S/C20H16F3NS/c1-13(15-7-8-18-16(12-15)9-11-25-18)5-6-14(2)19-17(20(21,22)23)4-3-10-24-19/h3-4,7-12H,1-2,5-6H2. The van der Waals surface area contributed by atoms with Gasteiger partial charge in [-0.15, -0.1) is 11.3 Å². The maximum atomic E-state index is 13.1. The van der Waals surface area contributed by atoms with Crippen LogP contribution in [0.2, 0.25) is 0 Å². The monoisotopic (exact) mass is 359 g/mol. The maximum Gasteiger partial charge on any atom is 0.418 e. The lowest BCUT2D eigenvalue weighted by atomic mass is 9.96. The summed E-state index contributed by atoms with van der Waals surface area (Å²) in [7, 11) is 0. The lowest BCUT2D eigenvalue weighted by Crippen LogP contribution is -2.10. The molecule has 0 spiro atoms. The average Bonchev–Trinajstić information content (AvgIpc) is 3.06. The van der Waals surface area contributed by atoms with Crippen molar-refractivity contribution >= 4 is 32.6 Å². The van der Waals surface area contributed by atoms with Crippen LogP contribution in [-0.2, 0) is 6.18 Å². The van der Waals surface area contributed by atoms with E-state index >= 15 is 0 Å². The van der Waals surface area contributed by atoms with E-state index < -0.39 is 11.7 Å². The third kappa shape index (κ3) is 3.82. The Morgan fingerprint density at radius 1 is 1.04 bits per heavy atom. The average molecular weight is 359 g/mol. The summed E-state index contributed by atoms with van der Waals surface area (Å²) in [6.07, 6.45) is -2.18. The predicted molar refractivity (Wildman–Crippen MR) is 98.4 cm³/mol. The number of nitrogens with zero attached hydrogens (tertiary/aromatic N) is 1. The van der Waals surface area contributed by atoms with Crippen LogP contribution in [0.5, 0.6) is 0 Å². The highest BCUT2D eigenvalue weighted by molar-refractivity contribution is 7.17. The zero-order chi connectivity index (χ0) is 18.0. The molecule has 0 unspecified atom stereocenters. The number of pyridine rings is 1. The number of hydrogen-bond acceptors (Lipinski definition) is 2. The van der Waals surface area contributed by atoms with Crippen LogP contribution in [0.1, 0.15) is 29.7 Å². The van der Waals surface area contributed by atoms with Crippen molar-refractivity contribution in [2.24, 2.45) is 0 Å². The minimum Gasteiger partial charge on any atom is -0.256 e. The van der Waals surface area contributed by atoms with E-state index in [-0.39, 0.29) is 5.69 Å². The molecule has 1 aromatic carbocycles. The summed E-state index contributed by atoms with van der Waals surface area (Å²) < 4.78 is 40.5. The van der Waals surface area contributed by atoms with Gasteiger partial charge >= 0.3 is 6.18 Å². The molecule has 3 rings (SSSR count). The third-order valence-electron chi connectivity index (χ3n) is 4.04. The van der Waals surface area contributed by atoms with Gasteiger partial charge in [0, 0.05) is 10.9 Å². The zero-order valence-corrected chi connectivity index (χ0v) is 14.3. The van der Waals surface area contributed by atoms with E-state index in [4.69, 9.17) is 0 Å². The van der Waals surface area contributed by atoms with Gasteiger partial charge in [0.2, 0.25) is 0 Å². The number of fused-ring (bicyclic) bond motifs is 1. The fourth-order valence-electron chi connectivity index (χ4n) is 2.67. The molecule has 0 aliphatic heterocycles. The molecule has 128 valence electrons. The molecule has 0 amide bonds. The lowest BCUT2D eigenvalue weighted by molar-refractivity contribution is -0.138. The third-order valence-corrected chi connectivity index (χ3v) is 4.94. The summed E-state index contributed by atoms with van der Waals surface area (Å²) >= 11 is 1.67. The summed E-state index contributed by atoms with van der Waals surface area (Å²) in [6, 6.07) is 10.4. The van der Waals surface area contributed by atoms with Crippen LogP contribution < -0.4 is 0 Å². The Balaban J connectivity index is 1.73. The van der Waals surface area contributed by atoms with Gasteiger partial charge < -0.3 is 0 Å². The smallest absolute Gasteiger partial charge is 0.256 e. The molecule has 1 nitrogen and oxygen atoms in total. The van der Waals surface area contributed by atoms with Gasteiger partial charge in [0.15, 0.2) is 0 Å². The Labute approximate surface area is 148 Å². The number of alkyl halides is 3. The van der Waals surface area contributed by atoms with Crippen molar-refractivity contribution in [3.8, 4) is 0 Å². The molecule has 3 aromatic rings. The molecule has 0 aliphatic carbocycles. The largest absolute Gasteiger partial charge is 0.418 e. The Kier molecular flexibility index (Phi) is 4.77. The number of rotatable bonds is 5. The number of benzene rings is 1. The van der Waals surface area contributed by atoms with Crippen LogP contribution in [0.15, 0.2) is 61.1 Å². The van der Waals surface area contributed by atoms with E-state index in [1.54, 1.807) is 11.3 Å². The van der Waals surface area contributed by atoms with Gasteiger partial charge in [0.25, 0.3) is 0 Å². The number of thiophene rings is 1. The molecule has 0 bridgehead atoms. The topological polar surface area (TPSA) is 12.9 Å². The molecule has 0 saturated carbocycles. The van der Waals surface area contributed by atoms with Crippen molar-refractivity contribution in [2.45, 2.75) is 19.0 Å². The lowest BCUT2D eigenvalue weighted by Gasteiger charge is -2.14. The summed E-state index contributed by atoms with van der Waals surface area (Å²) in [5, 5.41) is 3.17. The Hall–Kier alpha value is -2.40. The van der Waals surface area contributed by atoms with Crippen LogP contribution in [0.25, 0.3) is 21.2 Å². The van der Waals surface area contributed by atoms with E-state index in [1.807, 2.05) is 23.6 Å². The maximum absolute atomic E-state index is 13.1. The number of halogens is 3. The predicted octanol–water partition coefficient (Wildman–Crippen LogP) is 6.82. The number of aromatic nitrogens is 1. The van der Waals surface area contributed by atoms with E-state index in [1.165, 1.54) is 17.0 Å². The van der Waals surface area contributed by atoms with Crippen molar-refractivity contribution in [1.82, 2.24) is 4.98 Å². The van der Waals surface area contributed by atoms with E-state index in [2.05, 4.69) is 24.2 Å². The van der Waals surface area contributed by atoms with Crippen molar-refractivity contribution in [2.75, 3.05) is 0 Å². The van der Waals surface area contributed by atoms with Gasteiger partial charge in [0.1, 0.15) is 0 Å². The quantitative estimate of drug-likeness (QED) is 0.487. The fourth-order valence-corrected chi connectivity index (χ4v) is 3.44. The molecule has 0 radical (unpaired) electrons.